The predicted octanol–water partition coefficient (Wildman–Crippen LogP) is 8.70. The Bertz CT molecular complexity index is 2730. The summed E-state index contributed by atoms with van der Waals surface area (Å²) in [5.41, 5.74) is 35.7. The molecule has 0 aliphatic rings. The third-order valence-electron chi connectivity index (χ3n) is 11.8. The minimum atomic E-state index is -0.187. The molecule has 0 unspecified atom stereocenters. The standard InChI is InChI=1S/C50H57N11O2/c1-3-5-8-37-26-40-47(60(37)29-33-16-12-31(27-51)13-17-33)38-24-35(20-22-41(38)57-49(40)53)55-44(62)10-7-11-45(63)56-36-21-23-42-39(25-36)48-46(50(54)58-42)59-43(9-6-4-2)61(48)30-34-18-14-32(28-52)15-19-34/h12-26H,3-11,27-30,51-52H2,1-2H3,(H2,53,57)(H2,54,58)(H,55,62)(H,56,63). The van der Waals surface area contributed by atoms with Gasteiger partial charge < -0.3 is 42.7 Å². The highest BCUT2D eigenvalue weighted by Gasteiger charge is 2.20. The Morgan fingerprint density at radius 1 is 0.556 bits per heavy atom. The van der Waals surface area contributed by atoms with Gasteiger partial charge in [-0.1, -0.05) is 75.2 Å². The van der Waals surface area contributed by atoms with Gasteiger partial charge in [0.15, 0.2) is 5.82 Å². The molecule has 13 heteroatoms. The minimum absolute atomic E-state index is 0.167. The molecule has 4 heterocycles. The van der Waals surface area contributed by atoms with Gasteiger partial charge in [-0.2, -0.15) is 0 Å². The summed E-state index contributed by atoms with van der Waals surface area (Å²) < 4.78 is 4.56. The van der Waals surface area contributed by atoms with E-state index >= 15 is 0 Å². The number of nitrogen functional groups attached to an aromatic ring is 2. The van der Waals surface area contributed by atoms with Crippen molar-refractivity contribution in [3.05, 3.63) is 125 Å². The zero-order valence-corrected chi connectivity index (χ0v) is 36.2. The largest absolute Gasteiger partial charge is 0.383 e. The highest BCUT2D eigenvalue weighted by Crippen LogP contribution is 2.35. The van der Waals surface area contributed by atoms with Crippen LogP contribution in [0.25, 0.3) is 43.7 Å². The van der Waals surface area contributed by atoms with Gasteiger partial charge in [-0.3, -0.25) is 9.59 Å². The van der Waals surface area contributed by atoms with Gasteiger partial charge in [0.05, 0.1) is 22.1 Å². The molecule has 0 aliphatic heterocycles. The number of nitrogens with one attached hydrogen (secondary N) is 2. The Balaban J connectivity index is 0.974. The van der Waals surface area contributed by atoms with Crippen molar-refractivity contribution in [1.82, 2.24) is 24.1 Å². The highest BCUT2D eigenvalue weighted by molar-refractivity contribution is 6.11. The van der Waals surface area contributed by atoms with Crippen LogP contribution in [0.5, 0.6) is 0 Å². The lowest BCUT2D eigenvalue weighted by Crippen LogP contribution is -2.15. The van der Waals surface area contributed by atoms with Crippen molar-refractivity contribution >= 4 is 78.6 Å². The van der Waals surface area contributed by atoms with Crippen molar-refractivity contribution in [2.45, 2.75) is 97.8 Å². The molecule has 324 valence electrons. The third-order valence-corrected chi connectivity index (χ3v) is 11.8. The fourth-order valence-corrected chi connectivity index (χ4v) is 8.44. The summed E-state index contributed by atoms with van der Waals surface area (Å²) in [6.07, 6.45) is 6.55. The van der Waals surface area contributed by atoms with E-state index in [1.807, 2.05) is 36.4 Å². The van der Waals surface area contributed by atoms with E-state index < -0.39 is 0 Å². The lowest BCUT2D eigenvalue weighted by Gasteiger charge is -2.14. The maximum Gasteiger partial charge on any atom is 0.224 e. The zero-order chi connectivity index (χ0) is 44.0. The molecule has 0 saturated carbocycles. The number of aromatic nitrogens is 5. The van der Waals surface area contributed by atoms with E-state index in [0.717, 1.165) is 99.3 Å². The van der Waals surface area contributed by atoms with Gasteiger partial charge in [-0.05, 0) is 90.4 Å². The minimum Gasteiger partial charge on any atom is -0.383 e. The van der Waals surface area contributed by atoms with Crippen molar-refractivity contribution in [2.24, 2.45) is 11.5 Å². The summed E-state index contributed by atoms with van der Waals surface area (Å²) >= 11 is 0. The van der Waals surface area contributed by atoms with Crippen LogP contribution in [0.15, 0.2) is 91.0 Å². The molecule has 0 atom stereocenters. The number of unbranched alkanes of at least 4 members (excludes halogenated alkanes) is 2. The molecule has 63 heavy (non-hydrogen) atoms. The first-order chi connectivity index (χ1) is 30.7. The molecule has 8 aromatic rings. The Labute approximate surface area is 367 Å². The average Bonchev–Trinajstić information content (AvgIpc) is 3.84. The van der Waals surface area contributed by atoms with Crippen LogP contribution in [0.1, 0.15) is 92.6 Å². The first kappa shape index (κ1) is 42.8. The molecule has 2 amide bonds. The first-order valence-corrected chi connectivity index (χ1v) is 22.1. The van der Waals surface area contributed by atoms with Crippen LogP contribution < -0.4 is 33.6 Å². The van der Waals surface area contributed by atoms with Crippen molar-refractivity contribution in [2.75, 3.05) is 22.1 Å². The molecule has 0 spiro atoms. The first-order valence-electron chi connectivity index (χ1n) is 22.1. The number of anilines is 4. The van der Waals surface area contributed by atoms with E-state index in [-0.39, 0.29) is 24.7 Å². The molecule has 8 rings (SSSR count). The Morgan fingerprint density at radius 3 is 1.62 bits per heavy atom. The normalized spacial score (nSPS) is 11.6. The number of amides is 2. The second-order valence-corrected chi connectivity index (χ2v) is 16.5. The van der Waals surface area contributed by atoms with Gasteiger partial charge >= 0.3 is 0 Å². The van der Waals surface area contributed by atoms with E-state index in [4.69, 9.17) is 32.9 Å². The molecule has 0 radical (unpaired) electrons. The van der Waals surface area contributed by atoms with Crippen LogP contribution in [0.2, 0.25) is 0 Å². The van der Waals surface area contributed by atoms with E-state index in [9.17, 15) is 9.59 Å². The summed E-state index contributed by atoms with van der Waals surface area (Å²) in [7, 11) is 0. The van der Waals surface area contributed by atoms with Gasteiger partial charge in [-0.15, -0.1) is 0 Å². The summed E-state index contributed by atoms with van der Waals surface area (Å²) in [6.45, 7) is 6.59. The van der Waals surface area contributed by atoms with E-state index in [2.05, 4.69) is 93.2 Å². The maximum absolute atomic E-state index is 13.3. The van der Waals surface area contributed by atoms with Gasteiger partial charge in [0, 0.05) is 78.7 Å². The van der Waals surface area contributed by atoms with Crippen molar-refractivity contribution in [1.29, 1.82) is 0 Å². The second-order valence-electron chi connectivity index (χ2n) is 16.5. The number of aryl methyl sites for hydroxylation is 2. The number of benzene rings is 4. The van der Waals surface area contributed by atoms with Gasteiger partial charge in [0.25, 0.3) is 0 Å². The molecular formula is C50H57N11O2. The average molecular weight is 844 g/mol. The van der Waals surface area contributed by atoms with Crippen LogP contribution >= 0.6 is 0 Å². The maximum atomic E-state index is 13.3. The van der Waals surface area contributed by atoms with Crippen molar-refractivity contribution in [3.8, 4) is 0 Å². The van der Waals surface area contributed by atoms with Gasteiger partial charge in [0.2, 0.25) is 11.8 Å². The highest BCUT2D eigenvalue weighted by atomic mass is 16.2. The molecule has 0 fully saturated rings. The molecular weight excluding hydrogens is 787 g/mol. The molecule has 4 aromatic heterocycles. The van der Waals surface area contributed by atoms with Crippen LogP contribution in [0.4, 0.5) is 23.0 Å². The zero-order valence-electron chi connectivity index (χ0n) is 36.2. The monoisotopic (exact) mass is 843 g/mol. The molecule has 13 nitrogen and oxygen atoms in total. The number of fused-ring (bicyclic) bond motifs is 6. The Morgan fingerprint density at radius 2 is 1.06 bits per heavy atom. The molecule has 0 aliphatic carbocycles. The summed E-state index contributed by atoms with van der Waals surface area (Å²) in [5.74, 6) is 1.43. The number of imidazole rings is 1. The lowest BCUT2D eigenvalue weighted by atomic mass is 10.1. The molecule has 10 N–H and O–H groups in total. The number of nitrogens with zero attached hydrogens (tertiary/aromatic N) is 5. The summed E-state index contributed by atoms with van der Waals surface area (Å²) in [4.78, 5) is 41.1. The second kappa shape index (κ2) is 19.1. The summed E-state index contributed by atoms with van der Waals surface area (Å²) in [6, 6.07) is 30.2. The van der Waals surface area contributed by atoms with Crippen LogP contribution in [-0.2, 0) is 48.6 Å². The van der Waals surface area contributed by atoms with Crippen LogP contribution in [0, 0.1) is 0 Å². The Kier molecular flexibility index (Phi) is 13.0. The topological polar surface area (TPSA) is 211 Å². The number of rotatable bonds is 18. The number of carbonyl (C=O) groups excluding carboxylic acids is 2. The van der Waals surface area contributed by atoms with Crippen LogP contribution in [0.3, 0.4) is 0 Å². The number of pyridine rings is 2. The molecule has 0 saturated heterocycles. The van der Waals surface area contributed by atoms with Crippen molar-refractivity contribution in [3.63, 3.8) is 0 Å². The van der Waals surface area contributed by atoms with Gasteiger partial charge in [0.1, 0.15) is 17.2 Å². The predicted molar refractivity (Wildman–Crippen MR) is 256 cm³/mol. The van der Waals surface area contributed by atoms with Gasteiger partial charge in [-0.25, -0.2) is 15.0 Å². The summed E-state index contributed by atoms with van der Waals surface area (Å²) in [5, 5.41) is 8.76. The molecule has 4 aromatic carbocycles. The van der Waals surface area contributed by atoms with E-state index in [0.29, 0.717) is 66.6 Å². The number of carbonyl (C=O) groups is 2. The lowest BCUT2D eigenvalue weighted by molar-refractivity contribution is -0.117. The fourth-order valence-electron chi connectivity index (χ4n) is 8.44. The van der Waals surface area contributed by atoms with E-state index in [1.165, 1.54) is 5.69 Å². The number of nitrogens with two attached hydrogens (primary N) is 4. The number of hydrogen-bond donors (Lipinski definition) is 6. The van der Waals surface area contributed by atoms with Crippen molar-refractivity contribution < 1.29 is 9.59 Å². The van der Waals surface area contributed by atoms with Crippen LogP contribution in [-0.4, -0.2) is 35.9 Å². The third kappa shape index (κ3) is 9.35. The fraction of sp³-hybridized carbons (Fsp3) is 0.300. The Hall–Kier alpha value is -6.83. The SMILES string of the molecule is CCCCc1cc2c(N)nc3ccc(NC(=O)CCCC(=O)Nc4ccc5nc(N)c6nc(CCCC)n(Cc7ccc(CN)cc7)c6c5c4)cc3c2n1Cc1ccc(CN)cc1. The number of hydrogen-bond acceptors (Lipinski definition) is 9. The smallest absolute Gasteiger partial charge is 0.224 e. The quantitative estimate of drug-likeness (QED) is 0.0487. The van der Waals surface area contributed by atoms with E-state index in [1.54, 1.807) is 0 Å². The molecule has 0 bridgehead atoms.